The Hall–Kier alpha value is -1.79. The average Bonchev–Trinajstić information content (AvgIpc) is 3.29. The van der Waals surface area contributed by atoms with E-state index in [9.17, 15) is 19.5 Å². The molecule has 0 aromatic carbocycles. The summed E-state index contributed by atoms with van der Waals surface area (Å²) in [5.74, 6) is 1.65. The minimum absolute atomic E-state index is 0.0856. The van der Waals surface area contributed by atoms with Crippen molar-refractivity contribution in [1.29, 1.82) is 0 Å². The zero-order chi connectivity index (χ0) is 29.3. The Morgan fingerprint density at radius 1 is 0.850 bits per heavy atom. The molecule has 226 valence electrons. The highest BCUT2D eigenvalue weighted by molar-refractivity contribution is 5.81. The van der Waals surface area contributed by atoms with Gasteiger partial charge in [0.05, 0.1) is 18.9 Å². The first kappa shape index (κ1) is 29.7. The summed E-state index contributed by atoms with van der Waals surface area (Å²) in [5.41, 5.74) is -0.888. The van der Waals surface area contributed by atoms with Crippen LogP contribution in [-0.2, 0) is 19.1 Å². The van der Waals surface area contributed by atoms with Crippen LogP contribution in [0.5, 0.6) is 0 Å². The number of esters is 1. The Morgan fingerprint density at radius 3 is 2.23 bits per heavy atom. The first-order valence-electron chi connectivity index (χ1n) is 15.9. The molecule has 5 fully saturated rings. The molecule has 0 heterocycles. The molecule has 5 aliphatic rings. The monoisotopic (exact) mass is 559 g/mol. The number of ether oxygens (including phenoxy) is 2. The Balaban J connectivity index is 1.34. The van der Waals surface area contributed by atoms with Crippen LogP contribution in [0.15, 0.2) is 0 Å². The summed E-state index contributed by atoms with van der Waals surface area (Å²) in [6.45, 7) is 12.9. The first-order chi connectivity index (χ1) is 18.6. The number of aliphatic carboxylic acids is 1. The number of rotatable bonds is 5. The number of alkyl carbamates (subject to hydrolysis) is 1. The van der Waals surface area contributed by atoms with Crippen LogP contribution in [0.2, 0.25) is 0 Å². The third kappa shape index (κ3) is 4.47. The van der Waals surface area contributed by atoms with Gasteiger partial charge in [-0.15, -0.1) is 0 Å². The zero-order valence-electron chi connectivity index (χ0n) is 25.9. The number of fused-ring (bicyclic) bond motifs is 7. The highest BCUT2D eigenvalue weighted by Crippen LogP contribution is 2.72. The lowest BCUT2D eigenvalue weighted by atomic mass is 9.36. The molecule has 0 radical (unpaired) electrons. The fourth-order valence-electron chi connectivity index (χ4n) is 11.5. The van der Waals surface area contributed by atoms with Crippen molar-refractivity contribution < 1.29 is 29.0 Å². The molecular weight excluding hydrogens is 506 g/mol. The minimum Gasteiger partial charge on any atom is -0.481 e. The highest BCUT2D eigenvalue weighted by Gasteiger charge is 2.66. The lowest BCUT2D eigenvalue weighted by molar-refractivity contribution is -0.220. The molecule has 9 unspecified atom stereocenters. The van der Waals surface area contributed by atoms with E-state index in [2.05, 4.69) is 33.0 Å². The van der Waals surface area contributed by atoms with Gasteiger partial charge in [-0.25, -0.2) is 4.79 Å². The smallest absolute Gasteiger partial charge is 0.407 e. The van der Waals surface area contributed by atoms with E-state index in [1.165, 1.54) is 45.6 Å². The Kier molecular flexibility index (Phi) is 7.35. The molecule has 0 aliphatic heterocycles. The van der Waals surface area contributed by atoms with E-state index in [1.807, 2.05) is 0 Å². The number of hydrogen-bond donors (Lipinski definition) is 2. The van der Waals surface area contributed by atoms with Crippen molar-refractivity contribution in [2.45, 2.75) is 130 Å². The van der Waals surface area contributed by atoms with Gasteiger partial charge in [0.1, 0.15) is 6.10 Å². The van der Waals surface area contributed by atoms with E-state index < -0.39 is 17.4 Å². The van der Waals surface area contributed by atoms with Crippen LogP contribution in [-0.4, -0.2) is 41.9 Å². The average molecular weight is 560 g/mol. The van der Waals surface area contributed by atoms with Gasteiger partial charge in [-0.05, 0) is 118 Å². The maximum atomic E-state index is 12.9. The van der Waals surface area contributed by atoms with E-state index in [1.54, 1.807) is 13.8 Å². The number of methoxy groups -OCH3 is 1. The van der Waals surface area contributed by atoms with Crippen molar-refractivity contribution in [3.63, 3.8) is 0 Å². The standard InChI is InChI=1S/C33H53NO6/c1-29(2,27(36)37)19-26(35)40-25-14-17-32(6)23(30(25,3)4)13-16-31(5)21-12-18-33(34-28(38)39-7)15-8-9-22(33)20(21)10-11-24(31)32/h20-25H,8-19H2,1-7H3,(H,34,38)(H,36,37). The fourth-order valence-corrected chi connectivity index (χ4v) is 11.5. The third-order valence-electron chi connectivity index (χ3n) is 13.4. The molecule has 0 aromatic heterocycles. The lowest BCUT2D eigenvalue weighted by Crippen LogP contribution is -2.65. The van der Waals surface area contributed by atoms with Crippen LogP contribution >= 0.6 is 0 Å². The van der Waals surface area contributed by atoms with Crippen molar-refractivity contribution in [3.05, 3.63) is 0 Å². The fraction of sp³-hybridized carbons (Fsp3) is 0.909. The highest BCUT2D eigenvalue weighted by atomic mass is 16.5. The van der Waals surface area contributed by atoms with Crippen LogP contribution in [0.1, 0.15) is 119 Å². The molecule has 1 amide bonds. The topological polar surface area (TPSA) is 102 Å². The quantitative estimate of drug-likeness (QED) is 0.353. The van der Waals surface area contributed by atoms with Crippen LogP contribution < -0.4 is 5.32 Å². The maximum absolute atomic E-state index is 12.9. The second kappa shape index (κ2) is 9.90. The minimum atomic E-state index is -1.13. The van der Waals surface area contributed by atoms with Crippen molar-refractivity contribution in [1.82, 2.24) is 5.32 Å². The molecule has 40 heavy (non-hydrogen) atoms. The Morgan fingerprint density at radius 2 is 1.55 bits per heavy atom. The van der Waals surface area contributed by atoms with Gasteiger partial charge in [0.15, 0.2) is 0 Å². The number of hydrogen-bond acceptors (Lipinski definition) is 5. The third-order valence-corrected chi connectivity index (χ3v) is 13.4. The molecule has 5 saturated carbocycles. The van der Waals surface area contributed by atoms with Crippen LogP contribution in [0.25, 0.3) is 0 Å². The summed E-state index contributed by atoms with van der Waals surface area (Å²) in [6, 6.07) is 0. The van der Waals surface area contributed by atoms with Crippen molar-refractivity contribution >= 4 is 18.0 Å². The van der Waals surface area contributed by atoms with E-state index >= 15 is 0 Å². The molecule has 5 rings (SSSR count). The number of carbonyl (C=O) groups is 3. The molecule has 5 aliphatic carbocycles. The van der Waals surface area contributed by atoms with Gasteiger partial charge in [0.25, 0.3) is 0 Å². The van der Waals surface area contributed by atoms with Crippen molar-refractivity contribution in [3.8, 4) is 0 Å². The maximum Gasteiger partial charge on any atom is 0.407 e. The van der Waals surface area contributed by atoms with Gasteiger partial charge in [-0.2, -0.15) is 0 Å². The zero-order valence-corrected chi connectivity index (χ0v) is 25.9. The molecule has 2 N–H and O–H groups in total. The van der Waals surface area contributed by atoms with Crippen molar-refractivity contribution in [2.75, 3.05) is 7.11 Å². The van der Waals surface area contributed by atoms with Crippen molar-refractivity contribution in [2.24, 2.45) is 51.2 Å². The Labute approximate surface area is 240 Å². The molecule has 7 heteroatoms. The normalized spacial score (nSPS) is 43.8. The van der Waals surface area contributed by atoms with Gasteiger partial charge in [0, 0.05) is 11.0 Å². The molecule has 9 atom stereocenters. The molecular formula is C33H53NO6. The summed E-state index contributed by atoms with van der Waals surface area (Å²) < 4.78 is 11.1. The van der Waals surface area contributed by atoms with Gasteiger partial charge in [-0.1, -0.05) is 34.1 Å². The predicted octanol–water partition coefficient (Wildman–Crippen LogP) is 6.97. The summed E-state index contributed by atoms with van der Waals surface area (Å²) in [5, 5.41) is 12.8. The molecule has 0 spiro atoms. The number of amides is 1. The molecule has 0 aromatic rings. The largest absolute Gasteiger partial charge is 0.481 e. The second-order valence-electron chi connectivity index (χ2n) is 16.0. The van der Waals surface area contributed by atoms with Crippen LogP contribution in [0.3, 0.4) is 0 Å². The van der Waals surface area contributed by atoms with E-state index in [0.717, 1.165) is 32.1 Å². The second-order valence-corrected chi connectivity index (χ2v) is 16.0. The summed E-state index contributed by atoms with van der Waals surface area (Å²) in [7, 11) is 1.47. The number of carboxylic acids is 1. The van der Waals surface area contributed by atoms with Gasteiger partial charge < -0.3 is 19.9 Å². The van der Waals surface area contributed by atoms with E-state index in [-0.39, 0.29) is 35.0 Å². The van der Waals surface area contributed by atoms with Gasteiger partial charge >= 0.3 is 18.0 Å². The summed E-state index contributed by atoms with van der Waals surface area (Å²) >= 11 is 0. The van der Waals surface area contributed by atoms with Crippen LogP contribution in [0.4, 0.5) is 4.79 Å². The number of carboxylic acid groups (broad SMARTS) is 1. The molecule has 7 nitrogen and oxygen atoms in total. The first-order valence-corrected chi connectivity index (χ1v) is 15.9. The summed E-state index contributed by atoms with van der Waals surface area (Å²) in [4.78, 5) is 36.8. The number of carbonyl (C=O) groups excluding carboxylic acids is 2. The van der Waals surface area contributed by atoms with E-state index in [4.69, 9.17) is 9.47 Å². The number of nitrogens with one attached hydrogen (secondary N) is 1. The van der Waals surface area contributed by atoms with Gasteiger partial charge in [0.2, 0.25) is 0 Å². The molecule has 0 bridgehead atoms. The molecule has 0 saturated heterocycles. The predicted molar refractivity (Wildman–Crippen MR) is 152 cm³/mol. The van der Waals surface area contributed by atoms with Gasteiger partial charge in [-0.3, -0.25) is 9.59 Å². The summed E-state index contributed by atoms with van der Waals surface area (Å²) in [6.07, 6.45) is 11.9. The SMILES string of the molecule is COC(=O)NC12CCCC1C1CCC3C(C)(CCC4C(C)(C)C(OC(=O)CC(C)(C)C(=O)O)CCC43C)C1CC2. The van der Waals surface area contributed by atoms with E-state index in [0.29, 0.717) is 35.0 Å². The van der Waals surface area contributed by atoms with Crippen LogP contribution in [0, 0.1) is 51.2 Å². The Bertz CT molecular complexity index is 1040. The lowest BCUT2D eigenvalue weighted by Gasteiger charge is -2.69.